The van der Waals surface area contributed by atoms with Crippen molar-refractivity contribution in [3.63, 3.8) is 0 Å². The molecule has 0 unspecified atom stereocenters. The molecule has 2 rings (SSSR count). The van der Waals surface area contributed by atoms with Crippen LogP contribution in [0.5, 0.6) is 5.75 Å². The number of amides is 3. The first-order valence-electron chi connectivity index (χ1n) is 9.75. The van der Waals surface area contributed by atoms with Crippen molar-refractivity contribution in [3.05, 3.63) is 29.3 Å². The van der Waals surface area contributed by atoms with E-state index in [2.05, 4.69) is 5.32 Å². The summed E-state index contributed by atoms with van der Waals surface area (Å²) in [6.07, 6.45) is 2.66. The molecule has 1 aliphatic heterocycles. The molecule has 0 bridgehead atoms. The Hall–Kier alpha value is -1.95. The van der Waals surface area contributed by atoms with E-state index >= 15 is 0 Å². The molecule has 1 heterocycles. The number of hydrogen-bond donors (Lipinski definition) is 1. The summed E-state index contributed by atoms with van der Waals surface area (Å²) < 4.78 is 5.60. The Bertz CT molecular complexity index is 614. The topological polar surface area (TPSA) is 61.9 Å². The Balaban J connectivity index is 1.63. The number of benzene rings is 1. The molecule has 7 heteroatoms. The molecule has 1 N–H and O–H groups in total. The van der Waals surface area contributed by atoms with Gasteiger partial charge in [0.15, 0.2) is 0 Å². The molecule has 0 spiro atoms. The predicted molar refractivity (Wildman–Crippen MR) is 107 cm³/mol. The van der Waals surface area contributed by atoms with Crippen molar-refractivity contribution in [2.24, 2.45) is 0 Å². The highest BCUT2D eigenvalue weighted by atomic mass is 35.5. The van der Waals surface area contributed by atoms with Crippen LogP contribution in [0.3, 0.4) is 0 Å². The third-order valence-corrected chi connectivity index (χ3v) is 5.12. The third kappa shape index (κ3) is 6.61. The average Bonchev–Trinajstić information content (AvgIpc) is 2.68. The number of ether oxygens (including phenoxy) is 1. The minimum Gasteiger partial charge on any atom is -0.492 e. The summed E-state index contributed by atoms with van der Waals surface area (Å²) in [5, 5.41) is 3.65. The van der Waals surface area contributed by atoms with Crippen molar-refractivity contribution in [1.82, 2.24) is 15.1 Å². The summed E-state index contributed by atoms with van der Waals surface area (Å²) >= 11 is 6.03. The van der Waals surface area contributed by atoms with Crippen LogP contribution in [0.15, 0.2) is 24.3 Å². The minimum absolute atomic E-state index is 0.0336. The van der Waals surface area contributed by atoms with Gasteiger partial charge in [-0.15, -0.1) is 0 Å². The number of rotatable bonds is 8. The van der Waals surface area contributed by atoms with Crippen LogP contribution < -0.4 is 10.1 Å². The molecule has 0 aromatic heterocycles. The van der Waals surface area contributed by atoms with Gasteiger partial charge in [-0.2, -0.15) is 0 Å². The maximum absolute atomic E-state index is 12.3. The Morgan fingerprint density at radius 2 is 1.89 bits per heavy atom. The molecular formula is C20H30ClN3O3. The molecule has 150 valence electrons. The molecular weight excluding hydrogens is 366 g/mol. The molecule has 6 nitrogen and oxygen atoms in total. The highest BCUT2D eigenvalue weighted by Crippen LogP contribution is 2.23. The highest BCUT2D eigenvalue weighted by Gasteiger charge is 2.25. The van der Waals surface area contributed by atoms with Crippen LogP contribution in [-0.2, 0) is 4.79 Å². The molecule has 0 aliphatic carbocycles. The van der Waals surface area contributed by atoms with Crippen LogP contribution in [-0.4, -0.2) is 60.6 Å². The minimum atomic E-state index is 0.0336. The van der Waals surface area contributed by atoms with Gasteiger partial charge in [0.05, 0.1) is 11.6 Å². The fraction of sp³-hybridized carbons (Fsp3) is 0.600. The van der Waals surface area contributed by atoms with Crippen LogP contribution in [0.25, 0.3) is 0 Å². The molecule has 27 heavy (non-hydrogen) atoms. The Labute approximate surface area is 166 Å². The summed E-state index contributed by atoms with van der Waals surface area (Å²) in [4.78, 5) is 28.2. The van der Waals surface area contributed by atoms with E-state index in [4.69, 9.17) is 16.3 Å². The molecule has 0 saturated carbocycles. The van der Waals surface area contributed by atoms with Gasteiger partial charge in [-0.25, -0.2) is 4.79 Å². The summed E-state index contributed by atoms with van der Waals surface area (Å²) in [6.45, 7) is 7.26. The van der Waals surface area contributed by atoms with Crippen LogP contribution in [0, 0.1) is 0 Å². The number of hydrogen-bond acceptors (Lipinski definition) is 3. The van der Waals surface area contributed by atoms with Gasteiger partial charge < -0.3 is 19.9 Å². The van der Waals surface area contributed by atoms with Crippen LogP contribution in [0.1, 0.15) is 39.5 Å². The standard InChI is InChI=1S/C20H30ClN3O3/c1-3-23(4-2)20(26)24-13-11-16(12-14-24)22-19(25)10-7-15-27-18-9-6-5-8-17(18)21/h5-6,8-9,16H,3-4,7,10-15H2,1-2H3,(H,22,25). The van der Waals surface area contributed by atoms with E-state index < -0.39 is 0 Å². The SMILES string of the molecule is CCN(CC)C(=O)N1CCC(NC(=O)CCCOc2ccccc2Cl)CC1. The molecule has 1 fully saturated rings. The smallest absolute Gasteiger partial charge is 0.319 e. The Kier molecular flexibility index (Phi) is 8.72. The maximum Gasteiger partial charge on any atom is 0.319 e. The van der Waals surface area contributed by atoms with Crippen molar-refractivity contribution < 1.29 is 14.3 Å². The molecule has 1 aromatic carbocycles. The summed E-state index contributed by atoms with van der Waals surface area (Å²) in [5.74, 6) is 0.677. The lowest BCUT2D eigenvalue weighted by Gasteiger charge is -2.35. The van der Waals surface area contributed by atoms with Gasteiger partial charge in [-0.05, 0) is 45.2 Å². The third-order valence-electron chi connectivity index (χ3n) is 4.81. The Morgan fingerprint density at radius 3 is 2.52 bits per heavy atom. The first-order chi connectivity index (χ1) is 13.0. The van der Waals surface area contributed by atoms with Crippen molar-refractivity contribution >= 4 is 23.5 Å². The molecule has 0 radical (unpaired) electrons. The number of para-hydroxylation sites is 1. The van der Waals surface area contributed by atoms with Crippen molar-refractivity contribution in [2.45, 2.75) is 45.6 Å². The van der Waals surface area contributed by atoms with E-state index in [-0.39, 0.29) is 18.0 Å². The molecule has 1 aliphatic rings. The summed E-state index contributed by atoms with van der Waals surface area (Å²) in [7, 11) is 0. The van der Waals surface area contributed by atoms with Gasteiger partial charge >= 0.3 is 6.03 Å². The van der Waals surface area contributed by atoms with E-state index in [0.29, 0.717) is 43.3 Å². The number of nitrogens with zero attached hydrogens (tertiary/aromatic N) is 2. The summed E-state index contributed by atoms with van der Waals surface area (Å²) in [5.41, 5.74) is 0. The lowest BCUT2D eigenvalue weighted by atomic mass is 10.0. The van der Waals surface area contributed by atoms with E-state index in [1.807, 2.05) is 41.8 Å². The maximum atomic E-state index is 12.3. The van der Waals surface area contributed by atoms with Crippen LogP contribution in [0.4, 0.5) is 4.79 Å². The van der Waals surface area contributed by atoms with Gasteiger partial charge in [-0.3, -0.25) is 4.79 Å². The average molecular weight is 396 g/mol. The van der Waals surface area contributed by atoms with Gasteiger partial charge in [0, 0.05) is 38.6 Å². The summed E-state index contributed by atoms with van der Waals surface area (Å²) in [6, 6.07) is 7.55. The highest BCUT2D eigenvalue weighted by molar-refractivity contribution is 6.32. The van der Waals surface area contributed by atoms with Crippen molar-refractivity contribution in [1.29, 1.82) is 0 Å². The first-order valence-corrected chi connectivity index (χ1v) is 10.1. The van der Waals surface area contributed by atoms with E-state index in [9.17, 15) is 9.59 Å². The fourth-order valence-electron chi connectivity index (χ4n) is 3.19. The first kappa shape index (κ1) is 21.4. The second-order valence-corrected chi connectivity index (χ2v) is 7.07. The second-order valence-electron chi connectivity index (χ2n) is 6.67. The number of carbonyl (C=O) groups excluding carboxylic acids is 2. The lowest BCUT2D eigenvalue weighted by molar-refractivity contribution is -0.122. The zero-order valence-electron chi connectivity index (χ0n) is 16.2. The Morgan fingerprint density at radius 1 is 1.22 bits per heavy atom. The van der Waals surface area contributed by atoms with Crippen molar-refractivity contribution in [2.75, 3.05) is 32.8 Å². The van der Waals surface area contributed by atoms with E-state index in [1.54, 1.807) is 6.07 Å². The zero-order valence-corrected chi connectivity index (χ0v) is 17.0. The number of halogens is 1. The van der Waals surface area contributed by atoms with Gasteiger partial charge in [0.1, 0.15) is 5.75 Å². The van der Waals surface area contributed by atoms with Crippen LogP contribution >= 0.6 is 11.6 Å². The molecule has 0 atom stereocenters. The largest absolute Gasteiger partial charge is 0.492 e. The fourth-order valence-corrected chi connectivity index (χ4v) is 3.38. The van der Waals surface area contributed by atoms with E-state index in [1.165, 1.54) is 0 Å². The number of nitrogens with one attached hydrogen (secondary N) is 1. The monoisotopic (exact) mass is 395 g/mol. The van der Waals surface area contributed by atoms with Crippen LogP contribution in [0.2, 0.25) is 5.02 Å². The predicted octanol–water partition coefficient (Wildman–Crippen LogP) is 3.54. The van der Waals surface area contributed by atoms with Gasteiger partial charge in [-0.1, -0.05) is 23.7 Å². The normalized spacial score (nSPS) is 14.7. The van der Waals surface area contributed by atoms with Crippen molar-refractivity contribution in [3.8, 4) is 5.75 Å². The second kappa shape index (κ2) is 11.0. The molecule has 1 saturated heterocycles. The molecule has 1 aromatic rings. The lowest BCUT2D eigenvalue weighted by Crippen LogP contribution is -2.50. The quantitative estimate of drug-likeness (QED) is 0.685. The number of piperidine rings is 1. The zero-order chi connectivity index (χ0) is 19.6. The number of urea groups is 1. The van der Waals surface area contributed by atoms with E-state index in [0.717, 1.165) is 25.9 Å². The number of carbonyl (C=O) groups is 2. The van der Waals surface area contributed by atoms with Gasteiger partial charge in [0.25, 0.3) is 0 Å². The number of likely N-dealkylation sites (tertiary alicyclic amines) is 1. The molecule has 3 amide bonds. The van der Waals surface area contributed by atoms with Gasteiger partial charge in [0.2, 0.25) is 5.91 Å².